The minimum Gasteiger partial charge on any atom is -0.391 e. The monoisotopic (exact) mass is 250 g/mol. The van der Waals surface area contributed by atoms with Crippen LogP contribution in [0.3, 0.4) is 0 Å². The maximum absolute atomic E-state index is 11.7. The van der Waals surface area contributed by atoms with E-state index >= 15 is 0 Å². The molecule has 2 amide bonds. The SMILES string of the molecule is CC(C)C(O)CNC(=O)c1ccc(NC=O)cc1. The highest BCUT2D eigenvalue weighted by molar-refractivity contribution is 5.94. The molecule has 0 aliphatic heterocycles. The molecule has 0 fully saturated rings. The molecule has 1 rings (SSSR count). The number of carbonyl (C=O) groups is 2. The van der Waals surface area contributed by atoms with Crippen LogP contribution in [0.15, 0.2) is 24.3 Å². The number of hydrogen-bond donors (Lipinski definition) is 3. The van der Waals surface area contributed by atoms with Gasteiger partial charge in [-0.25, -0.2) is 0 Å². The first-order chi connectivity index (χ1) is 8.54. The zero-order valence-corrected chi connectivity index (χ0v) is 10.5. The average Bonchev–Trinajstić information content (AvgIpc) is 2.36. The van der Waals surface area contributed by atoms with Crippen molar-refractivity contribution in [1.29, 1.82) is 0 Å². The van der Waals surface area contributed by atoms with Gasteiger partial charge in [0.1, 0.15) is 0 Å². The van der Waals surface area contributed by atoms with Crippen molar-refractivity contribution in [3.05, 3.63) is 29.8 Å². The van der Waals surface area contributed by atoms with Crippen LogP contribution in [0.4, 0.5) is 5.69 Å². The summed E-state index contributed by atoms with van der Waals surface area (Å²) in [6.45, 7) is 4.00. The second-order valence-electron chi connectivity index (χ2n) is 4.36. The Morgan fingerprint density at radius 3 is 2.44 bits per heavy atom. The molecule has 0 aliphatic rings. The largest absolute Gasteiger partial charge is 0.391 e. The lowest BCUT2D eigenvalue weighted by molar-refractivity contribution is -0.105. The summed E-state index contributed by atoms with van der Waals surface area (Å²) in [4.78, 5) is 21.9. The summed E-state index contributed by atoms with van der Waals surface area (Å²) in [5.41, 5.74) is 1.12. The second kappa shape index (κ2) is 6.76. The predicted molar refractivity (Wildman–Crippen MR) is 69.3 cm³/mol. The molecular formula is C13H18N2O3. The van der Waals surface area contributed by atoms with Crippen molar-refractivity contribution in [1.82, 2.24) is 5.32 Å². The molecular weight excluding hydrogens is 232 g/mol. The lowest BCUT2D eigenvalue weighted by Gasteiger charge is -2.15. The molecule has 0 bridgehead atoms. The smallest absolute Gasteiger partial charge is 0.251 e. The third kappa shape index (κ3) is 4.18. The van der Waals surface area contributed by atoms with E-state index < -0.39 is 6.10 Å². The predicted octanol–water partition coefficient (Wildman–Crippen LogP) is 1.00. The lowest BCUT2D eigenvalue weighted by atomic mass is 10.1. The number of aliphatic hydroxyl groups is 1. The van der Waals surface area contributed by atoms with Crippen LogP contribution in [0.25, 0.3) is 0 Å². The normalized spacial score (nSPS) is 12.0. The first-order valence-electron chi connectivity index (χ1n) is 5.81. The Balaban J connectivity index is 2.53. The molecule has 1 aromatic rings. The van der Waals surface area contributed by atoms with Gasteiger partial charge in [-0.05, 0) is 30.2 Å². The van der Waals surface area contributed by atoms with Gasteiger partial charge in [-0.3, -0.25) is 9.59 Å². The first kappa shape index (κ1) is 14.2. The fourth-order valence-electron chi connectivity index (χ4n) is 1.32. The van der Waals surface area contributed by atoms with Crippen LogP contribution in [-0.2, 0) is 4.79 Å². The van der Waals surface area contributed by atoms with Gasteiger partial charge in [-0.2, -0.15) is 0 Å². The highest BCUT2D eigenvalue weighted by Crippen LogP contribution is 2.08. The van der Waals surface area contributed by atoms with Crippen molar-refractivity contribution in [2.24, 2.45) is 5.92 Å². The standard InChI is InChI=1S/C13H18N2O3/c1-9(2)12(17)7-14-13(18)10-3-5-11(6-4-10)15-8-16/h3-6,8-9,12,17H,7H2,1-2H3,(H,14,18)(H,15,16). The Kier molecular flexibility index (Phi) is 5.32. The second-order valence-corrected chi connectivity index (χ2v) is 4.36. The number of benzene rings is 1. The number of nitrogens with one attached hydrogen (secondary N) is 2. The zero-order valence-electron chi connectivity index (χ0n) is 10.5. The van der Waals surface area contributed by atoms with Crippen molar-refractivity contribution >= 4 is 18.0 Å². The summed E-state index contributed by atoms with van der Waals surface area (Å²) in [6, 6.07) is 6.51. The quantitative estimate of drug-likeness (QED) is 0.659. The Bertz CT molecular complexity index is 401. The summed E-state index contributed by atoms with van der Waals surface area (Å²) in [5, 5.41) is 14.7. The maximum Gasteiger partial charge on any atom is 0.251 e. The molecule has 5 nitrogen and oxygen atoms in total. The van der Waals surface area contributed by atoms with Gasteiger partial charge in [-0.1, -0.05) is 13.8 Å². The van der Waals surface area contributed by atoms with Crippen molar-refractivity contribution in [3.63, 3.8) is 0 Å². The van der Waals surface area contributed by atoms with Crippen LogP contribution >= 0.6 is 0 Å². The number of aliphatic hydroxyl groups excluding tert-OH is 1. The van der Waals surface area contributed by atoms with E-state index in [4.69, 9.17) is 0 Å². The van der Waals surface area contributed by atoms with Gasteiger partial charge < -0.3 is 15.7 Å². The molecule has 5 heteroatoms. The average molecular weight is 250 g/mol. The van der Waals surface area contributed by atoms with E-state index in [-0.39, 0.29) is 18.4 Å². The molecule has 0 aromatic heterocycles. The molecule has 3 N–H and O–H groups in total. The van der Waals surface area contributed by atoms with Gasteiger partial charge in [0.05, 0.1) is 6.10 Å². The zero-order chi connectivity index (χ0) is 13.5. The number of anilines is 1. The topological polar surface area (TPSA) is 78.4 Å². The summed E-state index contributed by atoms with van der Waals surface area (Å²) in [6.07, 6.45) is 0.0265. The summed E-state index contributed by atoms with van der Waals surface area (Å²) < 4.78 is 0. The molecule has 0 aliphatic carbocycles. The molecule has 0 spiro atoms. The van der Waals surface area contributed by atoms with Crippen molar-refractivity contribution < 1.29 is 14.7 Å². The van der Waals surface area contributed by atoms with E-state index in [1.807, 2.05) is 13.8 Å². The van der Waals surface area contributed by atoms with Crippen molar-refractivity contribution in [3.8, 4) is 0 Å². The molecule has 1 atom stereocenters. The van der Waals surface area contributed by atoms with Crippen LogP contribution in [0.1, 0.15) is 24.2 Å². The number of rotatable bonds is 6. The van der Waals surface area contributed by atoms with Crippen molar-refractivity contribution in [2.75, 3.05) is 11.9 Å². The van der Waals surface area contributed by atoms with E-state index in [0.29, 0.717) is 17.7 Å². The molecule has 1 unspecified atom stereocenters. The highest BCUT2D eigenvalue weighted by Gasteiger charge is 2.11. The molecule has 1 aromatic carbocycles. The van der Waals surface area contributed by atoms with Gasteiger partial charge in [-0.15, -0.1) is 0 Å². The van der Waals surface area contributed by atoms with Crippen LogP contribution in [0.2, 0.25) is 0 Å². The Morgan fingerprint density at radius 1 is 1.33 bits per heavy atom. The molecule has 0 heterocycles. The number of amides is 2. The summed E-state index contributed by atoms with van der Waals surface area (Å²) in [5.74, 6) is -0.142. The highest BCUT2D eigenvalue weighted by atomic mass is 16.3. The minimum absolute atomic E-state index is 0.101. The summed E-state index contributed by atoms with van der Waals surface area (Å²) >= 11 is 0. The van der Waals surface area contributed by atoms with Crippen LogP contribution < -0.4 is 10.6 Å². The van der Waals surface area contributed by atoms with E-state index in [2.05, 4.69) is 10.6 Å². The Morgan fingerprint density at radius 2 is 1.94 bits per heavy atom. The van der Waals surface area contributed by atoms with E-state index in [1.165, 1.54) is 0 Å². The third-order valence-electron chi connectivity index (χ3n) is 2.61. The molecule has 98 valence electrons. The maximum atomic E-state index is 11.7. The molecule has 18 heavy (non-hydrogen) atoms. The van der Waals surface area contributed by atoms with Gasteiger partial charge in [0, 0.05) is 17.8 Å². The van der Waals surface area contributed by atoms with Crippen LogP contribution in [0, 0.1) is 5.92 Å². The third-order valence-corrected chi connectivity index (χ3v) is 2.61. The number of hydrogen-bond acceptors (Lipinski definition) is 3. The van der Waals surface area contributed by atoms with Gasteiger partial charge >= 0.3 is 0 Å². The molecule has 0 radical (unpaired) electrons. The number of carbonyl (C=O) groups excluding carboxylic acids is 2. The molecule has 0 saturated carbocycles. The fourth-order valence-corrected chi connectivity index (χ4v) is 1.32. The van der Waals surface area contributed by atoms with Crippen LogP contribution in [0.5, 0.6) is 0 Å². The minimum atomic E-state index is -0.551. The van der Waals surface area contributed by atoms with Crippen LogP contribution in [-0.4, -0.2) is 30.1 Å². The first-order valence-corrected chi connectivity index (χ1v) is 5.81. The van der Waals surface area contributed by atoms with Gasteiger partial charge in [0.15, 0.2) is 0 Å². The van der Waals surface area contributed by atoms with Gasteiger partial charge in [0.2, 0.25) is 6.41 Å². The Labute approximate surface area is 106 Å². The van der Waals surface area contributed by atoms with Gasteiger partial charge in [0.25, 0.3) is 5.91 Å². The molecule has 0 saturated heterocycles. The summed E-state index contributed by atoms with van der Waals surface area (Å²) in [7, 11) is 0. The van der Waals surface area contributed by atoms with Crippen molar-refractivity contribution in [2.45, 2.75) is 20.0 Å². The fraction of sp³-hybridized carbons (Fsp3) is 0.385. The van der Waals surface area contributed by atoms with E-state index in [9.17, 15) is 14.7 Å². The van der Waals surface area contributed by atoms with E-state index in [0.717, 1.165) is 0 Å². The lowest BCUT2D eigenvalue weighted by Crippen LogP contribution is -2.34. The Hall–Kier alpha value is -1.88. The van der Waals surface area contributed by atoms with E-state index in [1.54, 1.807) is 24.3 Å².